The zero-order chi connectivity index (χ0) is 10.5. The van der Waals surface area contributed by atoms with Gasteiger partial charge < -0.3 is 19.5 Å². The first kappa shape index (κ1) is 10.9. The molecule has 5 heteroatoms. The second-order valence-electron chi connectivity index (χ2n) is 3.85. The van der Waals surface area contributed by atoms with Gasteiger partial charge in [-0.3, -0.25) is 4.79 Å². The Kier molecular flexibility index (Phi) is 3.94. The molecule has 0 bridgehead atoms. The van der Waals surface area contributed by atoms with E-state index in [1.807, 2.05) is 0 Å². The first-order valence-corrected chi connectivity index (χ1v) is 5.45. The summed E-state index contributed by atoms with van der Waals surface area (Å²) >= 11 is 0. The van der Waals surface area contributed by atoms with Crippen molar-refractivity contribution < 1.29 is 19.0 Å². The van der Waals surface area contributed by atoms with E-state index in [4.69, 9.17) is 14.2 Å². The Bertz CT molecular complexity index is 209. The van der Waals surface area contributed by atoms with Gasteiger partial charge in [0.2, 0.25) is 0 Å². The average Bonchev–Trinajstić information content (AvgIpc) is 2.80. The molecule has 0 saturated carbocycles. The Labute approximate surface area is 89.1 Å². The molecule has 0 aromatic rings. The van der Waals surface area contributed by atoms with E-state index in [0.717, 1.165) is 19.4 Å². The molecule has 2 rings (SSSR count). The Morgan fingerprint density at radius 1 is 1.47 bits per heavy atom. The predicted molar refractivity (Wildman–Crippen MR) is 52.5 cm³/mol. The number of esters is 1. The molecule has 2 aliphatic heterocycles. The molecule has 0 spiro atoms. The minimum atomic E-state index is -0.305. The van der Waals surface area contributed by atoms with Gasteiger partial charge in [-0.05, 0) is 12.8 Å². The van der Waals surface area contributed by atoms with Crippen LogP contribution in [0.15, 0.2) is 0 Å². The van der Waals surface area contributed by atoms with Gasteiger partial charge in [-0.2, -0.15) is 0 Å². The molecule has 2 saturated heterocycles. The van der Waals surface area contributed by atoms with Crippen molar-refractivity contribution in [3.63, 3.8) is 0 Å². The molecule has 0 amide bonds. The number of carbonyl (C=O) groups excluding carboxylic acids is 1. The van der Waals surface area contributed by atoms with E-state index in [0.29, 0.717) is 26.4 Å². The van der Waals surface area contributed by atoms with Gasteiger partial charge in [0.25, 0.3) is 0 Å². The van der Waals surface area contributed by atoms with Gasteiger partial charge in [-0.1, -0.05) is 0 Å². The van der Waals surface area contributed by atoms with Crippen LogP contribution in [0, 0.1) is 0 Å². The summed E-state index contributed by atoms with van der Waals surface area (Å²) < 4.78 is 15.7. The zero-order valence-electron chi connectivity index (χ0n) is 8.74. The van der Waals surface area contributed by atoms with Crippen LogP contribution in [-0.2, 0) is 19.0 Å². The van der Waals surface area contributed by atoms with Crippen molar-refractivity contribution in [2.24, 2.45) is 0 Å². The van der Waals surface area contributed by atoms with Crippen LogP contribution >= 0.6 is 0 Å². The maximum absolute atomic E-state index is 11.5. The van der Waals surface area contributed by atoms with Crippen LogP contribution in [0.3, 0.4) is 0 Å². The molecule has 0 radical (unpaired) electrons. The monoisotopic (exact) mass is 215 g/mol. The maximum Gasteiger partial charge on any atom is 0.325 e. The van der Waals surface area contributed by atoms with Crippen LogP contribution in [0.25, 0.3) is 0 Å². The van der Waals surface area contributed by atoms with Crippen LogP contribution in [-0.4, -0.2) is 51.1 Å². The molecule has 1 N–H and O–H groups in total. The number of rotatable bonds is 3. The molecule has 15 heavy (non-hydrogen) atoms. The molecule has 2 unspecified atom stereocenters. The van der Waals surface area contributed by atoms with Crippen LogP contribution in [0.5, 0.6) is 0 Å². The summed E-state index contributed by atoms with van der Waals surface area (Å²) in [5.41, 5.74) is 0. The second kappa shape index (κ2) is 5.44. The Morgan fingerprint density at radius 2 is 2.40 bits per heavy atom. The van der Waals surface area contributed by atoms with Crippen LogP contribution in [0.4, 0.5) is 0 Å². The van der Waals surface area contributed by atoms with Crippen molar-refractivity contribution in [1.82, 2.24) is 5.32 Å². The lowest BCUT2D eigenvalue weighted by Gasteiger charge is -2.22. The molecule has 2 fully saturated rings. The van der Waals surface area contributed by atoms with E-state index < -0.39 is 0 Å². The van der Waals surface area contributed by atoms with Gasteiger partial charge in [0.05, 0.1) is 19.3 Å². The molecule has 0 aromatic heterocycles. The van der Waals surface area contributed by atoms with Crippen LogP contribution in [0.1, 0.15) is 12.8 Å². The zero-order valence-corrected chi connectivity index (χ0v) is 8.74. The molecular weight excluding hydrogens is 198 g/mol. The van der Waals surface area contributed by atoms with Gasteiger partial charge in [0, 0.05) is 13.2 Å². The van der Waals surface area contributed by atoms with Gasteiger partial charge in [0.15, 0.2) is 0 Å². The molecule has 86 valence electrons. The number of morpholine rings is 1. The third-order valence-corrected chi connectivity index (χ3v) is 2.64. The SMILES string of the molecule is O=C(OCC1CCCO1)C1COCCN1. The highest BCUT2D eigenvalue weighted by atomic mass is 16.6. The lowest BCUT2D eigenvalue weighted by atomic mass is 10.2. The fourth-order valence-electron chi connectivity index (χ4n) is 1.77. The fourth-order valence-corrected chi connectivity index (χ4v) is 1.77. The highest BCUT2D eigenvalue weighted by molar-refractivity contribution is 5.76. The lowest BCUT2D eigenvalue weighted by molar-refractivity contribution is -0.152. The average molecular weight is 215 g/mol. The van der Waals surface area contributed by atoms with Crippen molar-refractivity contribution in [2.45, 2.75) is 25.0 Å². The summed E-state index contributed by atoms with van der Waals surface area (Å²) in [6, 6.07) is -0.305. The fraction of sp³-hybridized carbons (Fsp3) is 0.900. The third kappa shape index (κ3) is 3.15. The highest BCUT2D eigenvalue weighted by Crippen LogP contribution is 2.12. The Balaban J connectivity index is 1.66. The molecule has 0 aromatic carbocycles. The van der Waals surface area contributed by atoms with Crippen molar-refractivity contribution >= 4 is 5.97 Å². The second-order valence-corrected chi connectivity index (χ2v) is 3.85. The van der Waals surface area contributed by atoms with Crippen molar-refractivity contribution in [3.8, 4) is 0 Å². The summed E-state index contributed by atoms with van der Waals surface area (Å²) in [5, 5.41) is 3.05. The van der Waals surface area contributed by atoms with Gasteiger partial charge >= 0.3 is 5.97 Å². The van der Waals surface area contributed by atoms with E-state index >= 15 is 0 Å². The third-order valence-electron chi connectivity index (χ3n) is 2.64. The van der Waals surface area contributed by atoms with Crippen LogP contribution in [0.2, 0.25) is 0 Å². The number of carbonyl (C=O) groups is 1. The number of ether oxygens (including phenoxy) is 3. The number of hydrogen-bond acceptors (Lipinski definition) is 5. The van der Waals surface area contributed by atoms with Gasteiger partial charge in [-0.15, -0.1) is 0 Å². The minimum absolute atomic E-state index is 0.0958. The number of nitrogens with one attached hydrogen (secondary N) is 1. The minimum Gasteiger partial charge on any atom is -0.462 e. The van der Waals surface area contributed by atoms with E-state index in [1.165, 1.54) is 0 Å². The topological polar surface area (TPSA) is 56.8 Å². The van der Waals surface area contributed by atoms with Crippen molar-refractivity contribution in [2.75, 3.05) is 33.0 Å². The summed E-state index contributed by atoms with van der Waals surface area (Å²) in [6.07, 6.45) is 2.15. The molecular formula is C10H17NO4. The first-order chi connectivity index (χ1) is 7.36. The van der Waals surface area contributed by atoms with E-state index in [-0.39, 0.29) is 18.1 Å². The van der Waals surface area contributed by atoms with E-state index in [1.54, 1.807) is 0 Å². The van der Waals surface area contributed by atoms with Crippen molar-refractivity contribution in [1.29, 1.82) is 0 Å². The summed E-state index contributed by atoms with van der Waals surface area (Å²) in [4.78, 5) is 11.5. The Morgan fingerprint density at radius 3 is 3.07 bits per heavy atom. The van der Waals surface area contributed by atoms with Gasteiger partial charge in [0.1, 0.15) is 12.6 Å². The molecule has 2 aliphatic rings. The maximum atomic E-state index is 11.5. The van der Waals surface area contributed by atoms with Gasteiger partial charge in [-0.25, -0.2) is 0 Å². The van der Waals surface area contributed by atoms with E-state index in [9.17, 15) is 4.79 Å². The normalized spacial score (nSPS) is 31.5. The summed E-state index contributed by atoms with van der Waals surface area (Å²) in [7, 11) is 0. The van der Waals surface area contributed by atoms with Crippen LogP contribution < -0.4 is 5.32 Å². The Hall–Kier alpha value is -0.650. The number of hydrogen-bond donors (Lipinski definition) is 1. The standard InChI is InChI=1S/C10H17NO4/c12-10(9-7-13-5-3-11-9)15-6-8-2-1-4-14-8/h8-9,11H,1-7H2. The molecule has 0 aliphatic carbocycles. The molecule has 2 atom stereocenters. The predicted octanol–water partition coefficient (Wildman–Crippen LogP) is -0.303. The van der Waals surface area contributed by atoms with Crippen molar-refractivity contribution in [3.05, 3.63) is 0 Å². The smallest absolute Gasteiger partial charge is 0.325 e. The largest absolute Gasteiger partial charge is 0.462 e. The highest BCUT2D eigenvalue weighted by Gasteiger charge is 2.24. The molecule has 5 nitrogen and oxygen atoms in total. The quantitative estimate of drug-likeness (QED) is 0.655. The summed E-state index contributed by atoms with van der Waals surface area (Å²) in [5.74, 6) is -0.231. The lowest BCUT2D eigenvalue weighted by Crippen LogP contribution is -2.47. The van der Waals surface area contributed by atoms with E-state index in [2.05, 4.69) is 5.32 Å². The molecule has 2 heterocycles. The first-order valence-electron chi connectivity index (χ1n) is 5.45. The summed E-state index contributed by atoms with van der Waals surface area (Å²) in [6.45, 7) is 2.93.